The fourth-order valence-corrected chi connectivity index (χ4v) is 2.42. The molecule has 0 heterocycles. The first-order valence-electron chi connectivity index (χ1n) is 7.12. The van der Waals surface area contributed by atoms with Gasteiger partial charge in [0, 0.05) is 17.4 Å². The molecular formula is C18H20BrNO. The van der Waals surface area contributed by atoms with Gasteiger partial charge in [0.05, 0.1) is 0 Å². The van der Waals surface area contributed by atoms with E-state index < -0.39 is 0 Å². The zero-order chi connectivity index (χ0) is 15.2. The van der Waals surface area contributed by atoms with Gasteiger partial charge in [-0.15, -0.1) is 0 Å². The van der Waals surface area contributed by atoms with Crippen LogP contribution >= 0.6 is 15.9 Å². The van der Waals surface area contributed by atoms with Gasteiger partial charge in [0.25, 0.3) is 5.91 Å². The second-order valence-corrected chi connectivity index (χ2v) is 5.97. The van der Waals surface area contributed by atoms with Crippen LogP contribution in [-0.4, -0.2) is 5.91 Å². The van der Waals surface area contributed by atoms with Gasteiger partial charge in [-0.2, -0.15) is 0 Å². The summed E-state index contributed by atoms with van der Waals surface area (Å²) in [6, 6.07) is 16.0. The molecule has 3 heteroatoms. The van der Waals surface area contributed by atoms with Crippen molar-refractivity contribution in [2.24, 2.45) is 0 Å². The maximum absolute atomic E-state index is 12.1. The van der Waals surface area contributed by atoms with Gasteiger partial charge in [0.15, 0.2) is 0 Å². The molecule has 2 rings (SSSR count). The third-order valence-electron chi connectivity index (χ3n) is 3.47. The number of carbonyl (C=O) groups excluding carboxylic acids is 1. The number of nitrogens with one attached hydrogen (secondary N) is 1. The van der Waals surface area contributed by atoms with Gasteiger partial charge in [0.1, 0.15) is 0 Å². The number of alkyl halides is 1. The summed E-state index contributed by atoms with van der Waals surface area (Å²) < 4.78 is 0. The largest absolute Gasteiger partial charge is 0.348 e. The second-order valence-electron chi connectivity index (χ2n) is 5.41. The van der Waals surface area contributed by atoms with Crippen LogP contribution in [0.1, 0.15) is 46.8 Å². The monoisotopic (exact) mass is 345 g/mol. The first kappa shape index (κ1) is 15.8. The molecule has 0 fully saturated rings. The Bertz CT molecular complexity index is 588. The highest BCUT2D eigenvalue weighted by atomic mass is 79.9. The van der Waals surface area contributed by atoms with E-state index in [1.54, 1.807) is 0 Å². The Kier molecular flexibility index (Phi) is 5.57. The molecule has 2 nitrogen and oxygen atoms in total. The standard InChI is InChI=1S/C18H20BrNO/c1-13(2)16-7-5-15(6-8-16)12-20-18(21)17-9-3-14(11-19)4-10-17/h3-10,13H,11-12H2,1-2H3,(H,20,21). The van der Waals surface area contributed by atoms with Crippen LogP contribution in [0.15, 0.2) is 48.5 Å². The average Bonchev–Trinajstić information content (AvgIpc) is 2.53. The summed E-state index contributed by atoms with van der Waals surface area (Å²) in [6.07, 6.45) is 0. The molecule has 21 heavy (non-hydrogen) atoms. The fraction of sp³-hybridized carbons (Fsp3) is 0.278. The van der Waals surface area contributed by atoms with Crippen LogP contribution < -0.4 is 5.32 Å². The third-order valence-corrected chi connectivity index (χ3v) is 4.12. The van der Waals surface area contributed by atoms with Crippen molar-refractivity contribution in [2.45, 2.75) is 31.6 Å². The number of benzene rings is 2. The van der Waals surface area contributed by atoms with E-state index in [0.29, 0.717) is 18.0 Å². The van der Waals surface area contributed by atoms with E-state index in [1.807, 2.05) is 24.3 Å². The Labute approximate surface area is 134 Å². The highest BCUT2D eigenvalue weighted by molar-refractivity contribution is 9.08. The van der Waals surface area contributed by atoms with E-state index in [2.05, 4.69) is 59.4 Å². The van der Waals surface area contributed by atoms with Crippen molar-refractivity contribution < 1.29 is 4.79 Å². The highest BCUT2D eigenvalue weighted by Crippen LogP contribution is 2.14. The topological polar surface area (TPSA) is 29.1 Å². The summed E-state index contributed by atoms with van der Waals surface area (Å²) in [6.45, 7) is 4.90. The van der Waals surface area contributed by atoms with Gasteiger partial charge in [-0.1, -0.05) is 66.2 Å². The number of carbonyl (C=O) groups is 1. The Hall–Kier alpha value is -1.61. The van der Waals surface area contributed by atoms with E-state index in [-0.39, 0.29) is 5.91 Å². The maximum atomic E-state index is 12.1. The number of hydrogen-bond donors (Lipinski definition) is 1. The van der Waals surface area contributed by atoms with Crippen molar-refractivity contribution in [1.29, 1.82) is 0 Å². The first-order chi connectivity index (χ1) is 10.1. The molecule has 0 radical (unpaired) electrons. The van der Waals surface area contributed by atoms with Crippen molar-refractivity contribution in [3.05, 3.63) is 70.8 Å². The van der Waals surface area contributed by atoms with E-state index in [9.17, 15) is 4.79 Å². The predicted octanol–water partition coefficient (Wildman–Crippen LogP) is 4.63. The van der Waals surface area contributed by atoms with Gasteiger partial charge in [0.2, 0.25) is 0 Å². The summed E-state index contributed by atoms with van der Waals surface area (Å²) >= 11 is 3.40. The maximum Gasteiger partial charge on any atom is 0.251 e. The molecule has 2 aromatic rings. The summed E-state index contributed by atoms with van der Waals surface area (Å²) in [5.41, 5.74) is 4.29. The zero-order valence-corrected chi connectivity index (χ0v) is 14.0. The third kappa shape index (κ3) is 4.43. The molecule has 0 saturated heterocycles. The molecule has 0 unspecified atom stereocenters. The minimum atomic E-state index is -0.0379. The lowest BCUT2D eigenvalue weighted by Gasteiger charge is -2.08. The van der Waals surface area contributed by atoms with Gasteiger partial charge >= 0.3 is 0 Å². The van der Waals surface area contributed by atoms with E-state index in [0.717, 1.165) is 16.5 Å². The van der Waals surface area contributed by atoms with Crippen LogP contribution in [0.2, 0.25) is 0 Å². The Balaban J connectivity index is 1.93. The molecule has 0 aliphatic heterocycles. The molecule has 0 spiro atoms. The lowest BCUT2D eigenvalue weighted by molar-refractivity contribution is 0.0951. The van der Waals surface area contributed by atoms with E-state index in [1.165, 1.54) is 5.56 Å². The summed E-state index contributed by atoms with van der Waals surface area (Å²) in [7, 11) is 0. The molecule has 0 saturated carbocycles. The molecule has 0 aromatic heterocycles. The quantitative estimate of drug-likeness (QED) is 0.786. The smallest absolute Gasteiger partial charge is 0.251 e. The number of hydrogen-bond acceptors (Lipinski definition) is 1. The van der Waals surface area contributed by atoms with Crippen molar-refractivity contribution in [1.82, 2.24) is 5.32 Å². The summed E-state index contributed by atoms with van der Waals surface area (Å²) in [5, 5.41) is 3.75. The second kappa shape index (κ2) is 7.41. The highest BCUT2D eigenvalue weighted by Gasteiger charge is 2.05. The van der Waals surface area contributed by atoms with Crippen LogP contribution in [-0.2, 0) is 11.9 Å². The molecular weight excluding hydrogens is 326 g/mol. The van der Waals surface area contributed by atoms with Crippen molar-refractivity contribution >= 4 is 21.8 Å². The van der Waals surface area contributed by atoms with Gasteiger partial charge in [-0.3, -0.25) is 4.79 Å². The molecule has 2 aromatic carbocycles. The molecule has 1 N–H and O–H groups in total. The SMILES string of the molecule is CC(C)c1ccc(CNC(=O)c2ccc(CBr)cc2)cc1. The van der Waals surface area contributed by atoms with Gasteiger partial charge < -0.3 is 5.32 Å². The number of rotatable bonds is 5. The van der Waals surface area contributed by atoms with E-state index in [4.69, 9.17) is 0 Å². The van der Waals surface area contributed by atoms with Crippen LogP contribution in [0.25, 0.3) is 0 Å². The minimum absolute atomic E-state index is 0.0379. The molecule has 0 aliphatic rings. The molecule has 0 atom stereocenters. The molecule has 0 aliphatic carbocycles. The van der Waals surface area contributed by atoms with Crippen LogP contribution in [0.3, 0.4) is 0 Å². The zero-order valence-electron chi connectivity index (χ0n) is 12.4. The number of halogens is 1. The fourth-order valence-electron chi connectivity index (χ4n) is 2.05. The van der Waals surface area contributed by atoms with Crippen LogP contribution in [0.5, 0.6) is 0 Å². The van der Waals surface area contributed by atoms with E-state index >= 15 is 0 Å². The van der Waals surface area contributed by atoms with Crippen LogP contribution in [0, 0.1) is 0 Å². The first-order valence-corrected chi connectivity index (χ1v) is 8.24. The van der Waals surface area contributed by atoms with Gasteiger partial charge in [-0.25, -0.2) is 0 Å². The lowest BCUT2D eigenvalue weighted by Crippen LogP contribution is -2.22. The normalized spacial score (nSPS) is 10.7. The van der Waals surface area contributed by atoms with Crippen molar-refractivity contribution in [3.8, 4) is 0 Å². The minimum Gasteiger partial charge on any atom is -0.348 e. The molecule has 1 amide bonds. The Morgan fingerprint density at radius 1 is 1.00 bits per heavy atom. The predicted molar refractivity (Wildman–Crippen MR) is 90.8 cm³/mol. The average molecular weight is 346 g/mol. The van der Waals surface area contributed by atoms with Crippen molar-refractivity contribution in [3.63, 3.8) is 0 Å². The van der Waals surface area contributed by atoms with Crippen molar-refractivity contribution in [2.75, 3.05) is 0 Å². The van der Waals surface area contributed by atoms with Gasteiger partial charge in [-0.05, 0) is 34.7 Å². The molecule has 110 valence electrons. The Morgan fingerprint density at radius 2 is 1.57 bits per heavy atom. The molecule has 0 bridgehead atoms. The summed E-state index contributed by atoms with van der Waals surface area (Å²) in [5.74, 6) is 0.491. The van der Waals surface area contributed by atoms with Crippen LogP contribution in [0.4, 0.5) is 0 Å². The number of amides is 1. The lowest BCUT2D eigenvalue weighted by atomic mass is 10.0. The summed E-state index contributed by atoms with van der Waals surface area (Å²) in [4.78, 5) is 12.1. The Morgan fingerprint density at radius 3 is 2.10 bits per heavy atom.